The van der Waals surface area contributed by atoms with Gasteiger partial charge in [-0.05, 0) is 66.6 Å². The summed E-state index contributed by atoms with van der Waals surface area (Å²) in [5.41, 5.74) is 10.6. The van der Waals surface area contributed by atoms with Crippen molar-refractivity contribution >= 4 is 63.7 Å². The average Bonchev–Trinajstić information content (AvgIpc) is 2.91. The number of nitrogens with two attached hydrogens (primary N) is 1. The number of nitrogens with one attached hydrogen (secondary N) is 1. The van der Waals surface area contributed by atoms with E-state index in [1.54, 1.807) is 43.3 Å². The van der Waals surface area contributed by atoms with Crippen LogP contribution in [0.1, 0.15) is 6.92 Å². The van der Waals surface area contributed by atoms with Crippen LogP contribution in [0.4, 0.5) is 11.4 Å². The first-order valence-corrected chi connectivity index (χ1v) is 13.1. The Kier molecular flexibility index (Phi) is 11.1. The quantitative estimate of drug-likeness (QED) is 0.0999. The van der Waals surface area contributed by atoms with Crippen molar-refractivity contribution in [3.63, 3.8) is 0 Å². The van der Waals surface area contributed by atoms with Gasteiger partial charge in [-0.1, -0.05) is 82.8 Å². The molecule has 0 saturated heterocycles. The number of hydrogen-bond acceptors (Lipinski definition) is 5. The summed E-state index contributed by atoms with van der Waals surface area (Å²) in [5.74, 6) is -0.670. The Morgan fingerprint density at radius 3 is 1.82 bits per heavy atom. The predicted molar refractivity (Wildman–Crippen MR) is 162 cm³/mol. The Balaban J connectivity index is 0.000000239. The number of rotatable bonds is 6. The largest absolute Gasteiger partial charge is 0.462 e. The molecule has 5 nitrogen and oxygen atoms in total. The zero-order valence-corrected chi connectivity index (χ0v) is 23.7. The van der Waals surface area contributed by atoms with Crippen LogP contribution in [0.25, 0.3) is 22.3 Å². The van der Waals surface area contributed by atoms with E-state index in [9.17, 15) is 4.79 Å². The summed E-state index contributed by atoms with van der Waals surface area (Å²) in [5, 5.41) is 14.4. The lowest BCUT2D eigenvalue weighted by atomic mass is 10.1. The summed E-state index contributed by atoms with van der Waals surface area (Å²) >= 11 is 24.1. The number of ether oxygens (including phenoxy) is 1. The number of carbonyl (C=O) groups is 1. The number of esters is 1. The van der Waals surface area contributed by atoms with Crippen molar-refractivity contribution in [1.82, 2.24) is 0 Å². The van der Waals surface area contributed by atoms with Crippen molar-refractivity contribution < 1.29 is 9.53 Å². The topological polar surface area (TPSA) is 88.1 Å². The van der Waals surface area contributed by atoms with Crippen LogP contribution >= 0.6 is 46.4 Å². The van der Waals surface area contributed by atoms with Crippen LogP contribution in [0, 0.1) is 11.3 Å². The number of halogens is 4. The van der Waals surface area contributed by atoms with E-state index >= 15 is 0 Å². The van der Waals surface area contributed by atoms with Crippen LogP contribution in [-0.2, 0) is 9.53 Å². The Morgan fingerprint density at radius 2 is 1.36 bits per heavy atom. The minimum atomic E-state index is -0.670. The number of nitrogen functional groups attached to an aromatic ring is 1. The second kappa shape index (κ2) is 14.5. The van der Waals surface area contributed by atoms with Gasteiger partial charge in [0.2, 0.25) is 0 Å². The second-order valence-electron chi connectivity index (χ2n) is 7.98. The lowest BCUT2D eigenvalue weighted by molar-refractivity contribution is -0.138. The third-order valence-corrected chi connectivity index (χ3v) is 6.40. The maximum Gasteiger partial charge on any atom is 0.350 e. The van der Waals surface area contributed by atoms with E-state index in [0.29, 0.717) is 31.5 Å². The first kappa shape index (κ1) is 29.9. The van der Waals surface area contributed by atoms with E-state index in [-0.39, 0.29) is 12.2 Å². The minimum absolute atomic E-state index is 0.116. The molecule has 0 aliphatic rings. The lowest BCUT2D eigenvalue weighted by Crippen LogP contribution is -2.07. The lowest BCUT2D eigenvalue weighted by Gasteiger charge is -2.08. The first-order valence-electron chi connectivity index (χ1n) is 11.6. The summed E-state index contributed by atoms with van der Waals surface area (Å²) < 4.78 is 4.79. The fourth-order valence-corrected chi connectivity index (χ4v) is 4.20. The van der Waals surface area contributed by atoms with Crippen LogP contribution in [-0.4, -0.2) is 12.6 Å². The van der Waals surface area contributed by atoms with Crippen molar-refractivity contribution in [1.29, 1.82) is 5.26 Å². The van der Waals surface area contributed by atoms with Gasteiger partial charge in [0.1, 0.15) is 6.07 Å². The highest BCUT2D eigenvalue weighted by molar-refractivity contribution is 6.34. The molecule has 0 atom stereocenters. The molecule has 0 fully saturated rings. The predicted octanol–water partition coefficient (Wildman–Crippen LogP) is 9.29. The number of anilines is 2. The van der Waals surface area contributed by atoms with Crippen molar-refractivity contribution in [2.45, 2.75) is 6.92 Å². The number of benzene rings is 4. The highest BCUT2D eigenvalue weighted by Crippen LogP contribution is 2.32. The second-order valence-corrected chi connectivity index (χ2v) is 9.67. The summed E-state index contributed by atoms with van der Waals surface area (Å²) in [4.78, 5) is 11.5. The van der Waals surface area contributed by atoms with E-state index < -0.39 is 5.97 Å². The van der Waals surface area contributed by atoms with Gasteiger partial charge >= 0.3 is 5.97 Å². The van der Waals surface area contributed by atoms with E-state index in [4.69, 9.17) is 62.1 Å². The normalized spacial score (nSPS) is 10.6. The number of carbonyl (C=O) groups excluding carboxylic acids is 1. The molecule has 4 aromatic rings. The molecule has 0 spiro atoms. The molecule has 3 N–H and O–H groups in total. The van der Waals surface area contributed by atoms with Crippen molar-refractivity contribution in [2.24, 2.45) is 0 Å². The molecule has 198 valence electrons. The monoisotopic (exact) mass is 597 g/mol. The maximum atomic E-state index is 11.5. The van der Waals surface area contributed by atoms with E-state index in [1.165, 1.54) is 6.20 Å². The first-order chi connectivity index (χ1) is 18.7. The Hall–Kier alpha value is -3.66. The van der Waals surface area contributed by atoms with Crippen molar-refractivity contribution in [3.8, 4) is 28.3 Å². The molecule has 0 heterocycles. The van der Waals surface area contributed by atoms with Crippen LogP contribution in [0.2, 0.25) is 20.1 Å². The van der Waals surface area contributed by atoms with Gasteiger partial charge in [-0.2, -0.15) is 5.26 Å². The molecule has 9 heteroatoms. The van der Waals surface area contributed by atoms with Crippen molar-refractivity contribution in [3.05, 3.63) is 117 Å². The highest BCUT2D eigenvalue weighted by atomic mass is 35.5. The molecule has 4 rings (SSSR count). The summed E-state index contributed by atoms with van der Waals surface area (Å²) in [6, 6.07) is 27.5. The van der Waals surface area contributed by atoms with Crippen LogP contribution in [0.5, 0.6) is 0 Å². The summed E-state index contributed by atoms with van der Waals surface area (Å²) in [7, 11) is 0. The number of nitriles is 1. The maximum absolute atomic E-state index is 11.5. The summed E-state index contributed by atoms with van der Waals surface area (Å²) in [6.45, 7) is 1.88. The van der Waals surface area contributed by atoms with Crippen LogP contribution in [0.3, 0.4) is 0 Å². The van der Waals surface area contributed by atoms with Gasteiger partial charge in [0.15, 0.2) is 5.57 Å². The Labute approximate surface area is 247 Å². The van der Waals surface area contributed by atoms with Gasteiger partial charge in [-0.15, -0.1) is 0 Å². The van der Waals surface area contributed by atoms with E-state index in [1.807, 2.05) is 54.6 Å². The molecule has 0 amide bonds. The Morgan fingerprint density at radius 1 is 0.846 bits per heavy atom. The molecular formula is C30H23Cl4N3O2. The number of nitrogens with zero attached hydrogens (tertiary/aromatic N) is 1. The molecule has 39 heavy (non-hydrogen) atoms. The van der Waals surface area contributed by atoms with E-state index in [0.717, 1.165) is 22.3 Å². The molecule has 0 aliphatic carbocycles. The molecule has 0 radical (unpaired) electrons. The van der Waals surface area contributed by atoms with Crippen LogP contribution < -0.4 is 11.1 Å². The van der Waals surface area contributed by atoms with Crippen molar-refractivity contribution in [2.75, 3.05) is 17.7 Å². The van der Waals surface area contributed by atoms with Gasteiger partial charge in [0, 0.05) is 38.7 Å². The van der Waals surface area contributed by atoms with Crippen LogP contribution in [0.15, 0.2) is 96.7 Å². The van der Waals surface area contributed by atoms with E-state index in [2.05, 4.69) is 5.32 Å². The fraction of sp³-hybridized carbons (Fsp3) is 0.0667. The highest BCUT2D eigenvalue weighted by Gasteiger charge is 2.10. The summed E-state index contributed by atoms with van der Waals surface area (Å²) in [6.07, 6.45) is 1.30. The van der Waals surface area contributed by atoms with Gasteiger partial charge < -0.3 is 15.8 Å². The zero-order valence-electron chi connectivity index (χ0n) is 20.7. The SMILES string of the molecule is CCOC(=O)/C(C#N)=C/Nc1ccc(-c2ccc(Cl)cc2)c(Cl)c1.Nc1ccc(-c2ccc(Cl)cc2)c(Cl)c1. The molecule has 0 aliphatic heterocycles. The molecular weight excluding hydrogens is 576 g/mol. The molecule has 0 aromatic heterocycles. The zero-order chi connectivity index (χ0) is 28.4. The Bertz CT molecular complexity index is 1510. The molecule has 4 aromatic carbocycles. The third kappa shape index (κ3) is 8.68. The number of hydrogen-bond donors (Lipinski definition) is 2. The van der Waals surface area contributed by atoms with Gasteiger partial charge in [-0.3, -0.25) is 0 Å². The third-order valence-electron chi connectivity index (χ3n) is 5.27. The fourth-order valence-electron chi connectivity index (χ4n) is 3.36. The molecule has 0 bridgehead atoms. The molecule has 0 saturated carbocycles. The van der Waals surface area contributed by atoms with Gasteiger partial charge in [0.25, 0.3) is 0 Å². The molecule has 0 unspecified atom stereocenters. The smallest absolute Gasteiger partial charge is 0.350 e. The standard InChI is InChI=1S/C18H14Cl2N2O2.C12H9Cl2N/c1-2-24-18(23)13(10-21)11-22-15-7-8-16(17(20)9-15)12-3-5-14(19)6-4-12;13-9-3-1-8(2-4-9)11-6-5-10(15)7-12(11)14/h3-9,11,22H,2H2,1H3;1-7H,15H2/b13-11+;. The van der Waals surface area contributed by atoms with Gasteiger partial charge in [-0.25, -0.2) is 4.79 Å². The average molecular weight is 599 g/mol. The van der Waals surface area contributed by atoms with Gasteiger partial charge in [0.05, 0.1) is 16.7 Å². The minimum Gasteiger partial charge on any atom is -0.462 e.